The molecular weight excluding hydrogens is 416 g/mol. The molecule has 0 amide bonds. The Morgan fingerprint density at radius 2 is 2.15 bits per heavy atom. The predicted octanol–water partition coefficient (Wildman–Crippen LogP) is 4.92. The molecule has 5 nitrogen and oxygen atoms in total. The lowest BCUT2D eigenvalue weighted by Crippen LogP contribution is -2.02. The molecule has 0 bridgehead atoms. The monoisotopic (exact) mass is 436 g/mol. The highest BCUT2D eigenvalue weighted by Crippen LogP contribution is 2.34. The van der Waals surface area contributed by atoms with Gasteiger partial charge in [-0.3, -0.25) is 4.98 Å². The molecule has 26 heavy (non-hydrogen) atoms. The average Bonchev–Trinajstić information content (AvgIpc) is 3.09. The lowest BCUT2D eigenvalue weighted by molar-refractivity contribution is 0.164. The fourth-order valence-electron chi connectivity index (χ4n) is 2.79. The Morgan fingerprint density at radius 1 is 1.31 bits per heavy atom. The summed E-state index contributed by atoms with van der Waals surface area (Å²) >= 11 is 5.07. The number of aromatic nitrogens is 2. The van der Waals surface area contributed by atoms with E-state index in [-0.39, 0.29) is 0 Å². The van der Waals surface area contributed by atoms with Crippen LogP contribution in [-0.4, -0.2) is 28.8 Å². The van der Waals surface area contributed by atoms with Gasteiger partial charge >= 0.3 is 0 Å². The summed E-state index contributed by atoms with van der Waals surface area (Å²) in [6, 6.07) is 5.90. The molecule has 138 valence electrons. The molecule has 0 saturated carbocycles. The van der Waals surface area contributed by atoms with Gasteiger partial charge in [0.05, 0.1) is 30.1 Å². The average molecular weight is 437 g/mol. The molecule has 1 aromatic carbocycles. The summed E-state index contributed by atoms with van der Waals surface area (Å²) in [5.41, 5.74) is 1.90. The van der Waals surface area contributed by atoms with Gasteiger partial charge in [-0.2, -0.15) is 0 Å². The Kier molecular flexibility index (Phi) is 6.45. The zero-order chi connectivity index (χ0) is 18.5. The maximum absolute atomic E-state index is 10.5. The second-order valence-corrected chi connectivity index (χ2v) is 7.70. The normalized spacial score (nSPS) is 12.3. The van der Waals surface area contributed by atoms with Crippen molar-refractivity contribution in [2.24, 2.45) is 0 Å². The van der Waals surface area contributed by atoms with E-state index in [0.29, 0.717) is 18.8 Å². The Balaban J connectivity index is 1.66. The third-order valence-corrected chi connectivity index (χ3v) is 6.17. The summed E-state index contributed by atoms with van der Waals surface area (Å²) in [6.07, 6.45) is 5.06. The lowest BCUT2D eigenvalue weighted by atomic mass is 10.1. The third-order valence-electron chi connectivity index (χ3n) is 4.04. The van der Waals surface area contributed by atoms with Crippen LogP contribution in [-0.2, 0) is 6.42 Å². The Labute approximate surface area is 165 Å². The van der Waals surface area contributed by atoms with Crippen LogP contribution < -0.4 is 9.47 Å². The van der Waals surface area contributed by atoms with E-state index in [1.54, 1.807) is 19.5 Å². The molecule has 0 spiro atoms. The smallest absolute Gasteiger partial charge is 0.179 e. The van der Waals surface area contributed by atoms with Crippen LogP contribution in [0.5, 0.6) is 11.5 Å². The van der Waals surface area contributed by atoms with Crippen molar-refractivity contribution in [1.82, 2.24) is 9.97 Å². The number of ether oxygens (including phenoxy) is 2. The summed E-state index contributed by atoms with van der Waals surface area (Å²) in [6.45, 7) is 2.51. The van der Waals surface area contributed by atoms with Gasteiger partial charge in [-0.15, -0.1) is 11.3 Å². The van der Waals surface area contributed by atoms with E-state index in [1.165, 1.54) is 11.3 Å². The third kappa shape index (κ3) is 4.16. The Hall–Kier alpha value is -1.70. The molecule has 1 atom stereocenters. The quantitative estimate of drug-likeness (QED) is 0.542. The number of aryl methyl sites for hydroxylation is 1. The van der Waals surface area contributed by atoms with Crippen LogP contribution in [0.15, 0.2) is 35.1 Å². The van der Waals surface area contributed by atoms with Gasteiger partial charge < -0.3 is 14.6 Å². The molecule has 0 aliphatic carbocycles. The number of hydrogen-bond donors (Lipinski definition) is 1. The minimum Gasteiger partial charge on any atom is -0.491 e. The van der Waals surface area contributed by atoms with Crippen molar-refractivity contribution in [3.05, 3.63) is 45.6 Å². The second-order valence-electron chi connectivity index (χ2n) is 5.81. The van der Waals surface area contributed by atoms with Gasteiger partial charge in [0.2, 0.25) is 0 Å². The lowest BCUT2D eigenvalue weighted by Gasteiger charge is -2.14. The second kappa shape index (κ2) is 8.79. The molecule has 1 N–H and O–H groups in total. The molecule has 3 rings (SSSR count). The zero-order valence-corrected chi connectivity index (χ0v) is 17.1. The van der Waals surface area contributed by atoms with Crippen LogP contribution in [0.2, 0.25) is 0 Å². The molecular formula is C19H21BrN2O3S. The SMILES string of the molecule is CCOc1c(CCCC(O)c2nc3cccc(Br)c3s2)cncc1OC. The topological polar surface area (TPSA) is 64.5 Å². The van der Waals surface area contributed by atoms with E-state index in [2.05, 4.69) is 25.9 Å². The molecule has 2 aromatic heterocycles. The van der Waals surface area contributed by atoms with Crippen LogP contribution in [0.25, 0.3) is 10.2 Å². The molecule has 0 saturated heterocycles. The number of rotatable bonds is 8. The highest BCUT2D eigenvalue weighted by molar-refractivity contribution is 9.10. The van der Waals surface area contributed by atoms with E-state index in [4.69, 9.17) is 9.47 Å². The fourth-order valence-corrected chi connectivity index (χ4v) is 4.38. The van der Waals surface area contributed by atoms with E-state index in [0.717, 1.165) is 43.9 Å². The van der Waals surface area contributed by atoms with E-state index >= 15 is 0 Å². The molecule has 0 aliphatic heterocycles. The van der Waals surface area contributed by atoms with E-state index < -0.39 is 6.10 Å². The van der Waals surface area contributed by atoms with Crippen molar-refractivity contribution >= 4 is 37.5 Å². The highest BCUT2D eigenvalue weighted by atomic mass is 79.9. The number of halogens is 1. The molecule has 3 aromatic rings. The summed E-state index contributed by atoms with van der Waals surface area (Å²) in [5, 5.41) is 11.3. The summed E-state index contributed by atoms with van der Waals surface area (Å²) in [4.78, 5) is 8.76. The first-order valence-electron chi connectivity index (χ1n) is 8.50. The standard InChI is InChI=1S/C19H21BrN2O3S/c1-3-25-17-12(10-21-11-16(17)24-2)6-4-9-15(23)19-22-14-8-5-7-13(20)18(14)26-19/h5,7-8,10-11,15,23H,3-4,6,9H2,1-2H3. The van der Waals surface area contributed by atoms with Crippen LogP contribution in [0.3, 0.4) is 0 Å². The first-order valence-corrected chi connectivity index (χ1v) is 10.1. The summed E-state index contributed by atoms with van der Waals surface area (Å²) in [5.74, 6) is 1.38. The number of pyridine rings is 1. The van der Waals surface area contributed by atoms with Gasteiger partial charge in [0, 0.05) is 16.2 Å². The number of hydrogen-bond acceptors (Lipinski definition) is 6. The van der Waals surface area contributed by atoms with Crippen molar-refractivity contribution < 1.29 is 14.6 Å². The summed E-state index contributed by atoms with van der Waals surface area (Å²) < 4.78 is 13.1. The van der Waals surface area contributed by atoms with Crippen molar-refractivity contribution in [3.8, 4) is 11.5 Å². The van der Waals surface area contributed by atoms with Crippen molar-refractivity contribution in [1.29, 1.82) is 0 Å². The van der Waals surface area contributed by atoms with Crippen LogP contribution in [0.1, 0.15) is 36.4 Å². The summed E-state index contributed by atoms with van der Waals surface area (Å²) in [7, 11) is 1.61. The van der Waals surface area contributed by atoms with Crippen molar-refractivity contribution in [3.63, 3.8) is 0 Å². The first kappa shape index (κ1) is 19.1. The Morgan fingerprint density at radius 3 is 2.88 bits per heavy atom. The largest absolute Gasteiger partial charge is 0.491 e. The first-order chi connectivity index (χ1) is 12.6. The molecule has 0 fully saturated rings. The van der Waals surface area contributed by atoms with E-state index in [1.807, 2.05) is 25.1 Å². The molecule has 0 aliphatic rings. The van der Waals surface area contributed by atoms with Gasteiger partial charge in [0.1, 0.15) is 11.1 Å². The molecule has 1 unspecified atom stereocenters. The molecule has 2 heterocycles. The minimum absolute atomic E-state index is 0.566. The maximum atomic E-state index is 10.5. The van der Waals surface area contributed by atoms with Crippen LogP contribution >= 0.6 is 27.3 Å². The predicted molar refractivity (Wildman–Crippen MR) is 107 cm³/mol. The van der Waals surface area contributed by atoms with Gasteiger partial charge in [0.25, 0.3) is 0 Å². The fraction of sp³-hybridized carbons (Fsp3) is 0.368. The van der Waals surface area contributed by atoms with Crippen molar-refractivity contribution in [2.75, 3.05) is 13.7 Å². The van der Waals surface area contributed by atoms with Crippen molar-refractivity contribution in [2.45, 2.75) is 32.3 Å². The Bertz CT molecular complexity index is 884. The van der Waals surface area contributed by atoms with E-state index in [9.17, 15) is 5.11 Å². The number of aliphatic hydroxyl groups excluding tert-OH is 1. The number of thiazole rings is 1. The van der Waals surface area contributed by atoms with Gasteiger partial charge in [-0.1, -0.05) is 6.07 Å². The van der Waals surface area contributed by atoms with Gasteiger partial charge in [0.15, 0.2) is 11.5 Å². The van der Waals surface area contributed by atoms with Crippen LogP contribution in [0.4, 0.5) is 0 Å². The number of benzene rings is 1. The van der Waals surface area contributed by atoms with Crippen LogP contribution in [0, 0.1) is 0 Å². The number of nitrogens with zero attached hydrogens (tertiary/aromatic N) is 2. The van der Waals surface area contributed by atoms with Gasteiger partial charge in [-0.05, 0) is 54.2 Å². The number of methoxy groups -OCH3 is 1. The van der Waals surface area contributed by atoms with Gasteiger partial charge in [-0.25, -0.2) is 4.98 Å². The molecule has 7 heteroatoms. The zero-order valence-electron chi connectivity index (χ0n) is 14.7. The maximum Gasteiger partial charge on any atom is 0.179 e. The minimum atomic E-state index is -0.576. The number of fused-ring (bicyclic) bond motifs is 1. The number of aliphatic hydroxyl groups is 1. The highest BCUT2D eigenvalue weighted by Gasteiger charge is 2.16. The molecule has 0 radical (unpaired) electrons.